The number of amides is 1. The van der Waals surface area contributed by atoms with Gasteiger partial charge in [0.2, 0.25) is 5.91 Å². The van der Waals surface area contributed by atoms with E-state index in [9.17, 15) is 14.9 Å². The van der Waals surface area contributed by atoms with Crippen LogP contribution in [0.15, 0.2) is 18.2 Å². The van der Waals surface area contributed by atoms with Gasteiger partial charge in [-0.05, 0) is 25.5 Å². The van der Waals surface area contributed by atoms with E-state index >= 15 is 0 Å². The van der Waals surface area contributed by atoms with Gasteiger partial charge < -0.3 is 20.6 Å². The molecule has 1 unspecified atom stereocenters. The number of aryl methyl sites for hydroxylation is 1. The summed E-state index contributed by atoms with van der Waals surface area (Å²) in [7, 11) is 0. The van der Waals surface area contributed by atoms with Gasteiger partial charge in [0, 0.05) is 24.2 Å². The number of rotatable bonds is 8. The van der Waals surface area contributed by atoms with Gasteiger partial charge in [-0.1, -0.05) is 6.07 Å². The van der Waals surface area contributed by atoms with E-state index in [0.29, 0.717) is 11.4 Å². The smallest absolute Gasteiger partial charge is 0.294 e. The Labute approximate surface area is 122 Å². The van der Waals surface area contributed by atoms with Crippen LogP contribution in [0.25, 0.3) is 0 Å². The summed E-state index contributed by atoms with van der Waals surface area (Å²) in [6.07, 6.45) is 0.223. The van der Waals surface area contributed by atoms with Crippen molar-refractivity contribution in [3.05, 3.63) is 33.9 Å². The molecule has 0 spiro atoms. The summed E-state index contributed by atoms with van der Waals surface area (Å²) >= 11 is 0. The number of ether oxygens (including phenoxy) is 1. The zero-order valence-electron chi connectivity index (χ0n) is 12.0. The summed E-state index contributed by atoms with van der Waals surface area (Å²) in [5.41, 5.74) is 7.06. The van der Waals surface area contributed by atoms with E-state index in [4.69, 9.17) is 10.5 Å². The van der Waals surface area contributed by atoms with Gasteiger partial charge in [-0.2, -0.15) is 0 Å². The third-order valence-electron chi connectivity index (χ3n) is 2.54. The maximum absolute atomic E-state index is 11.7. The molecule has 0 heterocycles. The highest BCUT2D eigenvalue weighted by Crippen LogP contribution is 2.22. The fourth-order valence-corrected chi connectivity index (χ4v) is 1.59. The molecule has 116 valence electrons. The van der Waals surface area contributed by atoms with Crippen LogP contribution in [-0.4, -0.2) is 30.2 Å². The minimum Gasteiger partial charge on any atom is -0.492 e. The Hall–Kier alpha value is -2.35. The third-order valence-corrected chi connectivity index (χ3v) is 2.54. The van der Waals surface area contributed by atoms with Crippen LogP contribution in [0.2, 0.25) is 0 Å². The normalized spacial score (nSPS) is 11.6. The number of nitrogens with zero attached hydrogens (tertiary/aromatic N) is 1. The molecule has 1 atom stereocenters. The van der Waals surface area contributed by atoms with Crippen molar-refractivity contribution in [3.63, 3.8) is 0 Å². The molecule has 0 aromatic heterocycles. The summed E-state index contributed by atoms with van der Waals surface area (Å²) < 4.78 is 5.31. The molecule has 0 bridgehead atoms. The predicted molar refractivity (Wildman–Crippen MR) is 76.5 cm³/mol. The number of carbonyl (C=O) groups excluding carboxylic acids is 1. The molecule has 8 nitrogen and oxygen atoms in total. The summed E-state index contributed by atoms with van der Waals surface area (Å²) in [6, 6.07) is 4.93. The van der Waals surface area contributed by atoms with Crippen molar-refractivity contribution < 1.29 is 19.5 Å². The first-order chi connectivity index (χ1) is 9.88. The lowest BCUT2D eigenvalue weighted by atomic mass is 10.1. The van der Waals surface area contributed by atoms with Crippen LogP contribution in [0, 0.1) is 17.0 Å². The summed E-state index contributed by atoms with van der Waals surface area (Å²) in [5.74, 6) is 0.311. The SMILES string of the molecule is Cc1ccc(OCCO[N+](=O)[O-])cc1NC(=O)CC(C)N. The van der Waals surface area contributed by atoms with Crippen LogP contribution in [0.4, 0.5) is 5.69 Å². The fraction of sp³-hybridized carbons (Fsp3) is 0.462. The van der Waals surface area contributed by atoms with Crippen molar-refractivity contribution in [1.29, 1.82) is 0 Å². The van der Waals surface area contributed by atoms with Crippen LogP contribution in [0.3, 0.4) is 0 Å². The van der Waals surface area contributed by atoms with E-state index in [-0.39, 0.29) is 31.6 Å². The van der Waals surface area contributed by atoms with Gasteiger partial charge in [-0.15, -0.1) is 10.1 Å². The molecular formula is C13H19N3O5. The number of anilines is 1. The zero-order chi connectivity index (χ0) is 15.8. The van der Waals surface area contributed by atoms with Crippen LogP contribution in [0.1, 0.15) is 18.9 Å². The molecule has 21 heavy (non-hydrogen) atoms. The summed E-state index contributed by atoms with van der Waals surface area (Å²) in [4.78, 5) is 25.8. The maximum Gasteiger partial charge on any atom is 0.294 e. The maximum atomic E-state index is 11.7. The number of nitrogens with two attached hydrogens (primary N) is 1. The number of hydrogen-bond acceptors (Lipinski definition) is 6. The first-order valence-corrected chi connectivity index (χ1v) is 6.44. The molecule has 0 aliphatic rings. The number of carbonyl (C=O) groups is 1. The molecule has 0 radical (unpaired) electrons. The van der Waals surface area contributed by atoms with E-state index < -0.39 is 5.09 Å². The van der Waals surface area contributed by atoms with Crippen molar-refractivity contribution in [2.24, 2.45) is 5.73 Å². The van der Waals surface area contributed by atoms with Crippen molar-refractivity contribution in [2.75, 3.05) is 18.5 Å². The second kappa shape index (κ2) is 8.05. The Bertz CT molecular complexity index is 505. The Morgan fingerprint density at radius 2 is 2.19 bits per heavy atom. The summed E-state index contributed by atoms with van der Waals surface area (Å²) in [5, 5.41) is 11.9. The Kier molecular flexibility index (Phi) is 6.41. The largest absolute Gasteiger partial charge is 0.492 e. The Morgan fingerprint density at radius 3 is 2.81 bits per heavy atom. The fourth-order valence-electron chi connectivity index (χ4n) is 1.59. The molecule has 1 aromatic carbocycles. The molecular weight excluding hydrogens is 278 g/mol. The predicted octanol–water partition coefficient (Wildman–Crippen LogP) is 1.26. The average molecular weight is 297 g/mol. The number of benzene rings is 1. The van der Waals surface area contributed by atoms with Crippen molar-refractivity contribution in [1.82, 2.24) is 0 Å². The molecule has 3 N–H and O–H groups in total. The van der Waals surface area contributed by atoms with Crippen LogP contribution < -0.4 is 15.8 Å². The second-order valence-corrected chi connectivity index (χ2v) is 4.61. The minimum absolute atomic E-state index is 0.0389. The van der Waals surface area contributed by atoms with Crippen LogP contribution >= 0.6 is 0 Å². The van der Waals surface area contributed by atoms with E-state index in [2.05, 4.69) is 10.2 Å². The van der Waals surface area contributed by atoms with Crippen LogP contribution in [0.5, 0.6) is 5.75 Å². The molecule has 0 aliphatic heterocycles. The van der Waals surface area contributed by atoms with Gasteiger partial charge in [0.05, 0.1) is 0 Å². The molecule has 0 saturated heterocycles. The Morgan fingerprint density at radius 1 is 1.48 bits per heavy atom. The van der Waals surface area contributed by atoms with Crippen molar-refractivity contribution in [2.45, 2.75) is 26.3 Å². The topological polar surface area (TPSA) is 117 Å². The van der Waals surface area contributed by atoms with Crippen molar-refractivity contribution >= 4 is 11.6 Å². The lowest BCUT2D eigenvalue weighted by Gasteiger charge is -2.12. The van der Waals surface area contributed by atoms with Gasteiger partial charge >= 0.3 is 0 Å². The van der Waals surface area contributed by atoms with Crippen molar-refractivity contribution in [3.8, 4) is 5.75 Å². The first-order valence-electron chi connectivity index (χ1n) is 6.44. The number of nitrogens with one attached hydrogen (secondary N) is 1. The second-order valence-electron chi connectivity index (χ2n) is 4.61. The first kappa shape index (κ1) is 16.7. The van der Waals surface area contributed by atoms with E-state index in [0.717, 1.165) is 5.56 Å². The zero-order valence-corrected chi connectivity index (χ0v) is 12.0. The molecule has 0 saturated carbocycles. The molecule has 0 aliphatic carbocycles. The van der Waals surface area contributed by atoms with Crippen LogP contribution in [-0.2, 0) is 9.63 Å². The lowest BCUT2D eigenvalue weighted by molar-refractivity contribution is -0.757. The van der Waals surface area contributed by atoms with E-state index in [1.54, 1.807) is 25.1 Å². The highest BCUT2D eigenvalue weighted by Gasteiger charge is 2.08. The van der Waals surface area contributed by atoms with Gasteiger partial charge in [0.1, 0.15) is 19.0 Å². The molecule has 1 aromatic rings. The van der Waals surface area contributed by atoms with Gasteiger partial charge in [-0.25, -0.2) is 0 Å². The quantitative estimate of drug-likeness (QED) is 0.424. The highest BCUT2D eigenvalue weighted by atomic mass is 17.0. The minimum atomic E-state index is -0.877. The number of hydrogen-bond donors (Lipinski definition) is 2. The van der Waals surface area contributed by atoms with Gasteiger partial charge in [-0.3, -0.25) is 4.79 Å². The Balaban J connectivity index is 2.58. The van der Waals surface area contributed by atoms with E-state index in [1.165, 1.54) is 0 Å². The van der Waals surface area contributed by atoms with Gasteiger partial charge in [0.25, 0.3) is 5.09 Å². The molecule has 1 amide bonds. The van der Waals surface area contributed by atoms with Gasteiger partial charge in [0.15, 0.2) is 0 Å². The third kappa shape index (κ3) is 6.57. The molecule has 0 fully saturated rings. The van der Waals surface area contributed by atoms with E-state index in [1.807, 2.05) is 6.92 Å². The summed E-state index contributed by atoms with van der Waals surface area (Å²) in [6.45, 7) is 3.48. The monoisotopic (exact) mass is 297 g/mol. The lowest BCUT2D eigenvalue weighted by Crippen LogP contribution is -2.24. The molecule has 1 rings (SSSR count). The molecule has 8 heteroatoms. The average Bonchev–Trinajstić information content (AvgIpc) is 2.37. The standard InChI is InChI=1S/C13H19N3O5/c1-9-3-4-11(20-5-6-21-16(18)19)8-12(9)15-13(17)7-10(2)14/h3-4,8,10H,5-7,14H2,1-2H3,(H,15,17). The highest BCUT2D eigenvalue weighted by molar-refractivity contribution is 5.92.